The summed E-state index contributed by atoms with van der Waals surface area (Å²) in [5, 5.41) is 8.78. The molecule has 0 spiro atoms. The summed E-state index contributed by atoms with van der Waals surface area (Å²) < 4.78 is 0. The zero-order chi connectivity index (χ0) is 16.9. The van der Waals surface area contributed by atoms with E-state index >= 15 is 0 Å². The van der Waals surface area contributed by atoms with Gasteiger partial charge in [0, 0.05) is 32.2 Å². The van der Waals surface area contributed by atoms with E-state index in [2.05, 4.69) is 71.1 Å². The molecule has 2 heterocycles. The Labute approximate surface area is 144 Å². The highest BCUT2D eigenvalue weighted by Crippen LogP contribution is 2.19. The molecule has 0 saturated carbocycles. The number of hydrogen-bond acceptors (Lipinski definition) is 5. The van der Waals surface area contributed by atoms with Crippen molar-refractivity contribution in [1.29, 1.82) is 0 Å². The van der Waals surface area contributed by atoms with Crippen molar-refractivity contribution in [2.75, 3.05) is 24.5 Å². The van der Waals surface area contributed by atoms with Crippen molar-refractivity contribution in [2.45, 2.75) is 46.2 Å². The van der Waals surface area contributed by atoms with Gasteiger partial charge in [-0.15, -0.1) is 5.10 Å². The third-order valence-corrected chi connectivity index (χ3v) is 4.72. The quantitative estimate of drug-likeness (QED) is 0.846. The minimum Gasteiger partial charge on any atom is -0.334 e. The monoisotopic (exact) mass is 325 g/mol. The molecule has 2 aromatic rings. The summed E-state index contributed by atoms with van der Waals surface area (Å²) in [4.78, 5) is 9.58. The number of nitrogens with zero attached hydrogens (tertiary/aromatic N) is 5. The maximum absolute atomic E-state index is 4.78. The molecule has 1 atom stereocenters. The predicted molar refractivity (Wildman–Crippen MR) is 97.1 cm³/mol. The van der Waals surface area contributed by atoms with Crippen LogP contribution < -0.4 is 4.90 Å². The van der Waals surface area contributed by atoms with E-state index in [-0.39, 0.29) is 0 Å². The highest BCUT2D eigenvalue weighted by molar-refractivity contribution is 5.33. The summed E-state index contributed by atoms with van der Waals surface area (Å²) in [5.74, 6) is 0.788. The molecule has 1 fully saturated rings. The van der Waals surface area contributed by atoms with E-state index in [1.54, 1.807) is 0 Å². The van der Waals surface area contributed by atoms with Crippen LogP contribution in [0, 0.1) is 0 Å². The fourth-order valence-electron chi connectivity index (χ4n) is 3.37. The van der Waals surface area contributed by atoms with E-state index in [1.807, 2.05) is 0 Å². The van der Waals surface area contributed by atoms with Crippen LogP contribution in [0.5, 0.6) is 0 Å². The van der Waals surface area contributed by atoms with Crippen molar-refractivity contribution in [1.82, 2.24) is 20.1 Å². The molecule has 0 bridgehead atoms. The topological polar surface area (TPSA) is 45.2 Å². The lowest BCUT2D eigenvalue weighted by Gasteiger charge is -2.39. The maximum atomic E-state index is 4.78. The van der Waals surface area contributed by atoms with Gasteiger partial charge in [0.15, 0.2) is 0 Å². The smallest absolute Gasteiger partial charge is 0.245 e. The molecule has 5 nitrogen and oxygen atoms in total. The molecule has 3 rings (SSSR count). The Morgan fingerprint density at radius 3 is 2.42 bits per heavy atom. The minimum atomic E-state index is 0.390. The normalized spacial score (nSPS) is 18.8. The standard InChI is InChI=1S/C19H27N5/c1-4-17-18(5-2)21-22-19(20-17)24-12-11-23(13-15(24)3)14-16-9-7-6-8-10-16/h6-10,15H,4-5,11-14H2,1-3H3. The highest BCUT2D eigenvalue weighted by atomic mass is 15.4. The number of benzene rings is 1. The van der Waals surface area contributed by atoms with E-state index < -0.39 is 0 Å². The summed E-state index contributed by atoms with van der Waals surface area (Å²) in [6.45, 7) is 10.5. The molecule has 0 aliphatic carbocycles. The van der Waals surface area contributed by atoms with Gasteiger partial charge in [0.25, 0.3) is 0 Å². The average Bonchev–Trinajstić information content (AvgIpc) is 2.62. The molecule has 1 unspecified atom stereocenters. The van der Waals surface area contributed by atoms with Gasteiger partial charge in [0.05, 0.1) is 11.4 Å². The van der Waals surface area contributed by atoms with Crippen molar-refractivity contribution in [3.63, 3.8) is 0 Å². The molecule has 0 amide bonds. The van der Waals surface area contributed by atoms with Gasteiger partial charge in [-0.2, -0.15) is 5.10 Å². The van der Waals surface area contributed by atoms with E-state index in [9.17, 15) is 0 Å². The lowest BCUT2D eigenvalue weighted by atomic mass is 10.1. The molecule has 1 aromatic heterocycles. The molecule has 1 saturated heterocycles. The average molecular weight is 325 g/mol. The van der Waals surface area contributed by atoms with Crippen LogP contribution in [0.15, 0.2) is 30.3 Å². The summed E-state index contributed by atoms with van der Waals surface area (Å²) in [6, 6.07) is 11.1. The second kappa shape index (κ2) is 7.71. The van der Waals surface area contributed by atoms with Crippen LogP contribution in [0.1, 0.15) is 37.7 Å². The first-order chi connectivity index (χ1) is 11.7. The largest absolute Gasteiger partial charge is 0.334 e. The van der Waals surface area contributed by atoms with Gasteiger partial charge in [-0.1, -0.05) is 44.2 Å². The molecule has 24 heavy (non-hydrogen) atoms. The Bertz CT molecular complexity index is 658. The third-order valence-electron chi connectivity index (χ3n) is 4.72. The van der Waals surface area contributed by atoms with Gasteiger partial charge in [-0.05, 0) is 25.3 Å². The summed E-state index contributed by atoms with van der Waals surface area (Å²) >= 11 is 0. The second-order valence-electron chi connectivity index (χ2n) is 6.48. The molecule has 1 aromatic carbocycles. The molecule has 1 aliphatic rings. The first-order valence-corrected chi connectivity index (χ1v) is 8.96. The second-order valence-corrected chi connectivity index (χ2v) is 6.48. The number of anilines is 1. The summed E-state index contributed by atoms with van der Waals surface area (Å²) in [6.07, 6.45) is 1.80. The Balaban J connectivity index is 1.67. The molecule has 0 N–H and O–H groups in total. The molecule has 1 aliphatic heterocycles. The number of piperazine rings is 1. The van der Waals surface area contributed by atoms with E-state index in [0.717, 1.165) is 56.4 Å². The molecule has 5 heteroatoms. The zero-order valence-corrected chi connectivity index (χ0v) is 14.9. The van der Waals surface area contributed by atoms with Gasteiger partial charge in [-0.25, -0.2) is 4.98 Å². The number of hydrogen-bond donors (Lipinski definition) is 0. The Morgan fingerprint density at radius 2 is 1.75 bits per heavy atom. The van der Waals surface area contributed by atoms with Gasteiger partial charge < -0.3 is 4.90 Å². The van der Waals surface area contributed by atoms with E-state index in [0.29, 0.717) is 6.04 Å². The molecular weight excluding hydrogens is 298 g/mol. The van der Waals surface area contributed by atoms with Crippen LogP contribution in [-0.2, 0) is 19.4 Å². The van der Waals surface area contributed by atoms with Gasteiger partial charge in [0.2, 0.25) is 5.95 Å². The van der Waals surface area contributed by atoms with Gasteiger partial charge in [-0.3, -0.25) is 4.90 Å². The van der Waals surface area contributed by atoms with Crippen molar-refractivity contribution < 1.29 is 0 Å². The third kappa shape index (κ3) is 3.73. The Morgan fingerprint density at radius 1 is 1.00 bits per heavy atom. The van der Waals surface area contributed by atoms with Crippen molar-refractivity contribution in [3.8, 4) is 0 Å². The minimum absolute atomic E-state index is 0.390. The highest BCUT2D eigenvalue weighted by Gasteiger charge is 2.26. The predicted octanol–water partition coefficient (Wildman–Crippen LogP) is 2.71. The Hall–Kier alpha value is -2.01. The summed E-state index contributed by atoms with van der Waals surface area (Å²) in [5.41, 5.74) is 3.48. The van der Waals surface area contributed by atoms with E-state index in [1.165, 1.54) is 5.56 Å². The van der Waals surface area contributed by atoms with Crippen molar-refractivity contribution in [3.05, 3.63) is 47.3 Å². The van der Waals surface area contributed by atoms with Crippen LogP contribution in [0.4, 0.5) is 5.95 Å². The van der Waals surface area contributed by atoms with Crippen LogP contribution in [0.2, 0.25) is 0 Å². The van der Waals surface area contributed by atoms with Crippen LogP contribution in [-0.4, -0.2) is 45.8 Å². The summed E-state index contributed by atoms with van der Waals surface area (Å²) in [7, 11) is 0. The lowest BCUT2D eigenvalue weighted by molar-refractivity contribution is 0.219. The molecule has 128 valence electrons. The van der Waals surface area contributed by atoms with Crippen LogP contribution in [0.3, 0.4) is 0 Å². The number of aryl methyl sites for hydroxylation is 2. The first-order valence-electron chi connectivity index (χ1n) is 8.96. The zero-order valence-electron chi connectivity index (χ0n) is 14.9. The van der Waals surface area contributed by atoms with Crippen molar-refractivity contribution in [2.24, 2.45) is 0 Å². The van der Waals surface area contributed by atoms with Crippen LogP contribution in [0.25, 0.3) is 0 Å². The fraction of sp³-hybridized carbons (Fsp3) is 0.526. The van der Waals surface area contributed by atoms with Gasteiger partial charge >= 0.3 is 0 Å². The lowest BCUT2D eigenvalue weighted by Crippen LogP contribution is -2.52. The fourth-order valence-corrected chi connectivity index (χ4v) is 3.37. The number of rotatable bonds is 5. The van der Waals surface area contributed by atoms with Crippen LogP contribution >= 0.6 is 0 Å². The maximum Gasteiger partial charge on any atom is 0.245 e. The molecular formula is C19H27N5. The van der Waals surface area contributed by atoms with Crippen molar-refractivity contribution >= 4 is 5.95 Å². The number of aromatic nitrogens is 3. The molecule has 0 radical (unpaired) electrons. The van der Waals surface area contributed by atoms with Gasteiger partial charge in [0.1, 0.15) is 0 Å². The first kappa shape index (κ1) is 16.8. The van der Waals surface area contributed by atoms with E-state index in [4.69, 9.17) is 4.98 Å². The SMILES string of the molecule is CCc1nnc(N2CCN(Cc3ccccc3)CC2C)nc1CC. The Kier molecular flexibility index (Phi) is 5.41.